The molecule has 38 heavy (non-hydrogen) atoms. The van der Waals surface area contributed by atoms with Crippen molar-refractivity contribution in [3.05, 3.63) is 48.0 Å². The Morgan fingerprint density at radius 2 is 1.89 bits per heavy atom. The Labute approximate surface area is 226 Å². The average molecular weight is 529 g/mol. The number of cyclic esters (lactones) is 1. The van der Waals surface area contributed by atoms with Gasteiger partial charge in [0.05, 0.1) is 6.04 Å². The van der Waals surface area contributed by atoms with E-state index < -0.39 is 12.0 Å². The van der Waals surface area contributed by atoms with E-state index in [1.165, 1.54) is 0 Å². The Morgan fingerprint density at radius 3 is 2.66 bits per heavy atom. The molecule has 1 heterocycles. The lowest BCUT2D eigenvalue weighted by Crippen LogP contribution is -2.42. The number of carbonyl (C=O) groups excluding carboxylic acids is 4. The van der Waals surface area contributed by atoms with Crippen molar-refractivity contribution in [2.75, 3.05) is 13.2 Å². The van der Waals surface area contributed by atoms with E-state index in [1.54, 1.807) is 0 Å². The van der Waals surface area contributed by atoms with Crippen LogP contribution in [0.1, 0.15) is 83.6 Å². The average Bonchev–Trinajstić information content (AvgIpc) is 2.88. The number of unbranched alkanes of at least 4 members (excludes halogenated alkanes) is 1. The number of hydrogen-bond acceptors (Lipinski definition) is 6. The molecule has 0 fully saturated rings. The van der Waals surface area contributed by atoms with Gasteiger partial charge in [-0.1, -0.05) is 56.3 Å². The summed E-state index contributed by atoms with van der Waals surface area (Å²) in [6.45, 7) is 4.73. The fourth-order valence-electron chi connectivity index (χ4n) is 4.27. The number of alkyl carbamates (subject to hydrolysis) is 1. The monoisotopic (exact) mass is 528 g/mol. The number of Topliss-reactive ketones (excluding diaryl/α,β-unsaturated/α-hetero) is 1. The van der Waals surface area contributed by atoms with E-state index in [0.29, 0.717) is 45.1 Å². The van der Waals surface area contributed by atoms with Crippen LogP contribution in [-0.4, -0.2) is 42.9 Å². The highest BCUT2D eigenvalue weighted by molar-refractivity contribution is 5.87. The third kappa shape index (κ3) is 14.0. The van der Waals surface area contributed by atoms with E-state index in [2.05, 4.69) is 10.6 Å². The van der Waals surface area contributed by atoms with Gasteiger partial charge in [0, 0.05) is 31.7 Å². The molecule has 8 nitrogen and oxygen atoms in total. The maximum Gasteiger partial charge on any atom is 0.407 e. The minimum absolute atomic E-state index is 0.0860. The minimum Gasteiger partial charge on any atom is -0.463 e. The van der Waals surface area contributed by atoms with Crippen LogP contribution >= 0.6 is 0 Å². The Bertz CT molecular complexity index is 899. The quantitative estimate of drug-likeness (QED) is 0.230. The largest absolute Gasteiger partial charge is 0.463 e. The normalized spacial score (nSPS) is 20.1. The Hall–Kier alpha value is -3.16. The van der Waals surface area contributed by atoms with Gasteiger partial charge in [0.2, 0.25) is 5.91 Å². The molecule has 2 amide bonds. The van der Waals surface area contributed by atoms with Gasteiger partial charge in [0.1, 0.15) is 19.0 Å². The smallest absolute Gasteiger partial charge is 0.407 e. The Kier molecular flexibility index (Phi) is 14.8. The Balaban J connectivity index is 1.86. The summed E-state index contributed by atoms with van der Waals surface area (Å²) in [6, 6.07) is 9.11. The third-order valence-corrected chi connectivity index (χ3v) is 6.32. The van der Waals surface area contributed by atoms with Crippen LogP contribution < -0.4 is 10.6 Å². The summed E-state index contributed by atoms with van der Waals surface area (Å²) in [5, 5.41) is 5.76. The number of esters is 1. The second-order valence-electron chi connectivity index (χ2n) is 10.4. The van der Waals surface area contributed by atoms with Gasteiger partial charge in [0.25, 0.3) is 0 Å². The highest BCUT2D eigenvalue weighted by Crippen LogP contribution is 2.17. The number of nitrogens with one attached hydrogen (secondary N) is 2. The van der Waals surface area contributed by atoms with Crippen molar-refractivity contribution in [1.82, 2.24) is 10.6 Å². The van der Waals surface area contributed by atoms with Gasteiger partial charge in [0.15, 0.2) is 0 Å². The summed E-state index contributed by atoms with van der Waals surface area (Å²) in [4.78, 5) is 49.7. The summed E-state index contributed by atoms with van der Waals surface area (Å²) >= 11 is 0. The standard InChI is InChI=1S/C30H44N2O6/c1-23(2)19-27(33)20-25-15-9-4-3-5-10-17-28(34)37-22-26(32-29(25)35)16-11-12-18-31-30(36)38-21-24-13-7-6-8-14-24/h4,6-9,13-14,23,25-26H,3,5,10-12,15-22H2,1-2H3,(H,31,36)(H,32,35)/b9-4-/t25-,26+/m1/s1. The molecule has 2 atom stereocenters. The molecule has 1 aliphatic heterocycles. The zero-order valence-corrected chi connectivity index (χ0v) is 22.9. The van der Waals surface area contributed by atoms with Crippen molar-refractivity contribution in [1.29, 1.82) is 0 Å². The first-order valence-corrected chi connectivity index (χ1v) is 13.9. The topological polar surface area (TPSA) is 111 Å². The van der Waals surface area contributed by atoms with Gasteiger partial charge in [-0.15, -0.1) is 0 Å². The van der Waals surface area contributed by atoms with E-state index >= 15 is 0 Å². The van der Waals surface area contributed by atoms with Crippen LogP contribution in [0.25, 0.3) is 0 Å². The summed E-state index contributed by atoms with van der Waals surface area (Å²) in [5.41, 5.74) is 0.918. The molecule has 0 unspecified atom stereocenters. The first-order valence-electron chi connectivity index (χ1n) is 13.9. The molecule has 1 aromatic rings. The van der Waals surface area contributed by atoms with Crippen LogP contribution in [0.3, 0.4) is 0 Å². The molecular weight excluding hydrogens is 484 g/mol. The fraction of sp³-hybridized carbons (Fsp3) is 0.600. The Morgan fingerprint density at radius 1 is 1.11 bits per heavy atom. The van der Waals surface area contributed by atoms with Crippen LogP contribution in [0, 0.1) is 11.8 Å². The van der Waals surface area contributed by atoms with Gasteiger partial charge in [-0.25, -0.2) is 4.79 Å². The van der Waals surface area contributed by atoms with Gasteiger partial charge in [-0.2, -0.15) is 0 Å². The molecule has 0 bridgehead atoms. The van der Waals surface area contributed by atoms with E-state index in [1.807, 2.05) is 56.3 Å². The predicted molar refractivity (Wildman–Crippen MR) is 146 cm³/mol. The van der Waals surface area contributed by atoms with E-state index in [-0.39, 0.29) is 49.3 Å². The molecule has 8 heteroatoms. The molecule has 0 aliphatic carbocycles. The lowest BCUT2D eigenvalue weighted by molar-refractivity contribution is -0.145. The first kappa shape index (κ1) is 31.1. The molecule has 0 radical (unpaired) electrons. The van der Waals surface area contributed by atoms with Crippen molar-refractivity contribution in [3.8, 4) is 0 Å². The van der Waals surface area contributed by atoms with Crippen LogP contribution in [0.15, 0.2) is 42.5 Å². The van der Waals surface area contributed by atoms with E-state index in [9.17, 15) is 19.2 Å². The van der Waals surface area contributed by atoms with Gasteiger partial charge in [-0.3, -0.25) is 14.4 Å². The predicted octanol–water partition coefficient (Wildman–Crippen LogP) is 5.25. The van der Waals surface area contributed by atoms with Crippen molar-refractivity contribution in [3.63, 3.8) is 0 Å². The first-order chi connectivity index (χ1) is 18.3. The van der Waals surface area contributed by atoms with Crippen LogP contribution in [0.4, 0.5) is 4.79 Å². The van der Waals surface area contributed by atoms with Crippen LogP contribution in [-0.2, 0) is 30.5 Å². The van der Waals surface area contributed by atoms with Crippen molar-refractivity contribution < 1.29 is 28.7 Å². The number of allylic oxidation sites excluding steroid dienone is 2. The number of rotatable bonds is 11. The molecule has 0 saturated carbocycles. The number of amides is 2. The maximum absolute atomic E-state index is 13.2. The zero-order valence-electron chi connectivity index (χ0n) is 22.9. The molecule has 1 aliphatic rings. The van der Waals surface area contributed by atoms with Crippen molar-refractivity contribution in [2.24, 2.45) is 11.8 Å². The van der Waals surface area contributed by atoms with Gasteiger partial charge < -0.3 is 20.1 Å². The van der Waals surface area contributed by atoms with E-state index in [0.717, 1.165) is 24.8 Å². The highest BCUT2D eigenvalue weighted by atomic mass is 16.5. The molecule has 0 spiro atoms. The molecule has 1 aromatic carbocycles. The number of ketones is 1. The second-order valence-corrected chi connectivity index (χ2v) is 10.4. The van der Waals surface area contributed by atoms with E-state index in [4.69, 9.17) is 9.47 Å². The molecule has 2 N–H and O–H groups in total. The molecule has 0 saturated heterocycles. The number of hydrogen-bond donors (Lipinski definition) is 2. The minimum atomic E-state index is -0.476. The third-order valence-electron chi connectivity index (χ3n) is 6.32. The molecule has 2 rings (SSSR count). The summed E-state index contributed by atoms with van der Waals surface area (Å²) < 4.78 is 10.7. The summed E-state index contributed by atoms with van der Waals surface area (Å²) in [6.07, 6.45) is 9.49. The molecule has 0 aromatic heterocycles. The number of ether oxygens (including phenoxy) is 2. The highest BCUT2D eigenvalue weighted by Gasteiger charge is 2.24. The number of benzene rings is 1. The lowest BCUT2D eigenvalue weighted by atomic mass is 9.93. The maximum atomic E-state index is 13.2. The van der Waals surface area contributed by atoms with Gasteiger partial charge in [-0.05, 0) is 56.4 Å². The molecular formula is C30H44N2O6. The summed E-state index contributed by atoms with van der Waals surface area (Å²) in [5.74, 6) is -0.567. The fourth-order valence-corrected chi connectivity index (χ4v) is 4.27. The summed E-state index contributed by atoms with van der Waals surface area (Å²) in [7, 11) is 0. The lowest BCUT2D eigenvalue weighted by Gasteiger charge is -2.23. The zero-order chi connectivity index (χ0) is 27.6. The van der Waals surface area contributed by atoms with Crippen LogP contribution in [0.5, 0.6) is 0 Å². The van der Waals surface area contributed by atoms with Crippen molar-refractivity contribution >= 4 is 23.8 Å². The van der Waals surface area contributed by atoms with Crippen molar-refractivity contribution in [2.45, 2.75) is 90.7 Å². The van der Waals surface area contributed by atoms with Gasteiger partial charge >= 0.3 is 12.1 Å². The number of carbonyl (C=O) groups is 4. The SMILES string of the molecule is CC(C)CC(=O)C[C@H]1C/C=C\CCCCC(=O)OC[C@H](CCCCNC(=O)OCc2ccccc2)NC1=O. The second kappa shape index (κ2) is 18.2. The van der Waals surface area contributed by atoms with Crippen LogP contribution in [0.2, 0.25) is 0 Å². The molecule has 210 valence electrons.